The van der Waals surface area contributed by atoms with E-state index in [0.717, 1.165) is 24.6 Å². The summed E-state index contributed by atoms with van der Waals surface area (Å²) < 4.78 is 1.83. The summed E-state index contributed by atoms with van der Waals surface area (Å²) in [4.78, 5) is 4.40. The summed E-state index contributed by atoms with van der Waals surface area (Å²) in [7, 11) is 0. The Bertz CT molecular complexity index is 449. The second-order valence-electron chi connectivity index (χ2n) is 4.65. The van der Waals surface area contributed by atoms with Gasteiger partial charge >= 0.3 is 0 Å². The van der Waals surface area contributed by atoms with E-state index in [-0.39, 0.29) is 0 Å². The zero-order chi connectivity index (χ0) is 11.5. The molecule has 0 N–H and O–H groups in total. The summed E-state index contributed by atoms with van der Waals surface area (Å²) >= 11 is 0. The molecule has 0 amide bonds. The van der Waals surface area contributed by atoms with E-state index in [1.54, 1.807) is 6.33 Å². The fraction of sp³-hybridized carbons (Fsp3) is 0.500. The molecule has 0 saturated heterocycles. The highest BCUT2D eigenvalue weighted by molar-refractivity contribution is 5.05. The molecule has 2 aromatic rings. The smallest absolute Gasteiger partial charge is 0.138 e. The molecular formula is C12H15N5. The molecule has 5 heteroatoms. The number of aromatic nitrogens is 5. The van der Waals surface area contributed by atoms with Gasteiger partial charge in [-0.15, -0.1) is 5.10 Å². The van der Waals surface area contributed by atoms with Crippen LogP contribution in [0.1, 0.15) is 18.5 Å². The summed E-state index contributed by atoms with van der Waals surface area (Å²) in [5.74, 6) is 1.43. The largest absolute Gasteiger partial charge is 0.261 e. The Morgan fingerprint density at radius 1 is 1.35 bits per heavy atom. The first-order valence-corrected chi connectivity index (χ1v) is 6.02. The molecule has 1 aliphatic carbocycles. The highest BCUT2D eigenvalue weighted by atomic mass is 15.5. The Morgan fingerprint density at radius 3 is 2.94 bits per heavy atom. The lowest BCUT2D eigenvalue weighted by Gasteiger charge is -2.14. The van der Waals surface area contributed by atoms with Crippen molar-refractivity contribution in [3.63, 3.8) is 0 Å². The van der Waals surface area contributed by atoms with Crippen molar-refractivity contribution >= 4 is 0 Å². The van der Waals surface area contributed by atoms with Crippen LogP contribution < -0.4 is 0 Å². The van der Waals surface area contributed by atoms with Crippen LogP contribution in [-0.2, 0) is 13.0 Å². The van der Waals surface area contributed by atoms with E-state index in [2.05, 4.69) is 26.6 Å². The first-order chi connectivity index (χ1) is 8.42. The van der Waals surface area contributed by atoms with E-state index in [9.17, 15) is 0 Å². The molecule has 17 heavy (non-hydrogen) atoms. The van der Waals surface area contributed by atoms with Crippen molar-refractivity contribution in [3.05, 3.63) is 36.4 Å². The van der Waals surface area contributed by atoms with E-state index in [1.165, 1.54) is 12.8 Å². The minimum atomic E-state index is 0.605. The summed E-state index contributed by atoms with van der Waals surface area (Å²) in [6.45, 7) is 0.897. The molecule has 0 radical (unpaired) electrons. The van der Waals surface area contributed by atoms with Crippen molar-refractivity contribution in [2.75, 3.05) is 0 Å². The molecule has 1 atom stereocenters. The fourth-order valence-electron chi connectivity index (χ4n) is 2.24. The third-order valence-corrected chi connectivity index (χ3v) is 3.30. The molecule has 2 heterocycles. The van der Waals surface area contributed by atoms with E-state index in [4.69, 9.17) is 0 Å². The molecular weight excluding hydrogens is 214 g/mol. The zero-order valence-corrected chi connectivity index (χ0v) is 9.61. The van der Waals surface area contributed by atoms with Crippen molar-refractivity contribution in [3.8, 4) is 0 Å². The molecule has 2 aromatic heterocycles. The molecule has 1 saturated carbocycles. The van der Waals surface area contributed by atoms with Crippen LogP contribution in [0.3, 0.4) is 0 Å². The summed E-state index contributed by atoms with van der Waals surface area (Å²) in [5.41, 5.74) is 1.16. The Hall–Kier alpha value is -1.78. The molecule has 0 aliphatic heterocycles. The van der Waals surface area contributed by atoms with Gasteiger partial charge in [-0.25, -0.2) is 4.68 Å². The number of hydrogen-bond donors (Lipinski definition) is 0. The Balaban J connectivity index is 1.68. The van der Waals surface area contributed by atoms with Crippen LogP contribution in [0.2, 0.25) is 0 Å². The second kappa shape index (κ2) is 4.61. The molecule has 88 valence electrons. The topological polar surface area (TPSA) is 56.5 Å². The molecule has 0 bridgehead atoms. The highest BCUT2D eigenvalue weighted by Gasteiger charge is 2.31. The third kappa shape index (κ3) is 2.67. The average Bonchev–Trinajstić information content (AvgIpc) is 3.09. The standard InChI is InChI=1S/C12H15N5/c1-2-6-13-12(3-1)7-11(10-4-5-10)8-17-9-14-15-16-17/h1-3,6,9-11H,4-5,7-8H2. The third-order valence-electron chi connectivity index (χ3n) is 3.30. The second-order valence-corrected chi connectivity index (χ2v) is 4.65. The molecule has 1 aliphatic rings. The van der Waals surface area contributed by atoms with Crippen LogP contribution in [0, 0.1) is 11.8 Å². The monoisotopic (exact) mass is 229 g/mol. The number of rotatable bonds is 5. The van der Waals surface area contributed by atoms with Gasteiger partial charge in [0.05, 0.1) is 0 Å². The van der Waals surface area contributed by atoms with Gasteiger partial charge in [0.1, 0.15) is 6.33 Å². The molecule has 1 fully saturated rings. The lowest BCUT2D eigenvalue weighted by atomic mass is 9.97. The predicted octanol–water partition coefficient (Wildman–Crippen LogP) is 1.34. The number of hydrogen-bond acceptors (Lipinski definition) is 4. The number of pyridine rings is 1. The van der Waals surface area contributed by atoms with Gasteiger partial charge in [-0.05, 0) is 53.7 Å². The normalized spacial score (nSPS) is 16.9. The van der Waals surface area contributed by atoms with Gasteiger partial charge in [0.25, 0.3) is 0 Å². The number of tetrazole rings is 1. The maximum atomic E-state index is 4.40. The van der Waals surface area contributed by atoms with Crippen molar-refractivity contribution in [2.24, 2.45) is 11.8 Å². The summed E-state index contributed by atoms with van der Waals surface area (Å²) in [6, 6.07) is 6.09. The van der Waals surface area contributed by atoms with Crippen LogP contribution in [0.15, 0.2) is 30.7 Å². The van der Waals surface area contributed by atoms with Gasteiger partial charge in [0.15, 0.2) is 0 Å². The first kappa shape index (κ1) is 10.4. The minimum Gasteiger partial charge on any atom is -0.261 e. The van der Waals surface area contributed by atoms with Crippen LogP contribution >= 0.6 is 0 Å². The van der Waals surface area contributed by atoms with Crippen molar-refractivity contribution in [2.45, 2.75) is 25.8 Å². The summed E-state index contributed by atoms with van der Waals surface area (Å²) in [5, 5.41) is 11.3. The van der Waals surface area contributed by atoms with Gasteiger partial charge in [-0.3, -0.25) is 4.98 Å². The van der Waals surface area contributed by atoms with Crippen molar-refractivity contribution < 1.29 is 0 Å². The maximum absolute atomic E-state index is 4.40. The lowest BCUT2D eigenvalue weighted by molar-refractivity contribution is 0.365. The molecule has 0 spiro atoms. The first-order valence-electron chi connectivity index (χ1n) is 6.02. The van der Waals surface area contributed by atoms with Gasteiger partial charge in [0, 0.05) is 18.4 Å². The maximum Gasteiger partial charge on any atom is 0.138 e. The molecule has 1 unspecified atom stereocenters. The van der Waals surface area contributed by atoms with Crippen LogP contribution in [0.4, 0.5) is 0 Å². The Morgan fingerprint density at radius 2 is 2.29 bits per heavy atom. The number of nitrogens with zero attached hydrogens (tertiary/aromatic N) is 5. The summed E-state index contributed by atoms with van der Waals surface area (Å²) in [6.07, 6.45) is 7.23. The molecule has 5 nitrogen and oxygen atoms in total. The van der Waals surface area contributed by atoms with E-state index in [0.29, 0.717) is 5.92 Å². The van der Waals surface area contributed by atoms with Crippen LogP contribution in [0.25, 0.3) is 0 Å². The van der Waals surface area contributed by atoms with Gasteiger partial charge in [0.2, 0.25) is 0 Å². The lowest BCUT2D eigenvalue weighted by Crippen LogP contribution is -2.16. The zero-order valence-electron chi connectivity index (χ0n) is 9.61. The van der Waals surface area contributed by atoms with Gasteiger partial charge in [-0.2, -0.15) is 0 Å². The van der Waals surface area contributed by atoms with Gasteiger partial charge in [-0.1, -0.05) is 6.07 Å². The quantitative estimate of drug-likeness (QED) is 0.776. The van der Waals surface area contributed by atoms with E-state index in [1.807, 2.05) is 23.0 Å². The Kier molecular flexibility index (Phi) is 2.81. The highest BCUT2D eigenvalue weighted by Crippen LogP contribution is 2.39. The van der Waals surface area contributed by atoms with Crippen molar-refractivity contribution in [1.29, 1.82) is 0 Å². The predicted molar refractivity (Wildman–Crippen MR) is 62.0 cm³/mol. The Labute approximate surface area is 99.9 Å². The van der Waals surface area contributed by atoms with E-state index >= 15 is 0 Å². The minimum absolute atomic E-state index is 0.605. The molecule has 0 aromatic carbocycles. The van der Waals surface area contributed by atoms with Crippen LogP contribution in [0.5, 0.6) is 0 Å². The molecule has 3 rings (SSSR count). The SMILES string of the molecule is c1ccc(CC(Cn2cnnn2)C2CC2)nc1. The van der Waals surface area contributed by atoms with Crippen molar-refractivity contribution in [1.82, 2.24) is 25.2 Å². The van der Waals surface area contributed by atoms with Gasteiger partial charge < -0.3 is 0 Å². The fourth-order valence-corrected chi connectivity index (χ4v) is 2.24. The van der Waals surface area contributed by atoms with Crippen LogP contribution in [-0.4, -0.2) is 25.2 Å². The average molecular weight is 229 g/mol. The van der Waals surface area contributed by atoms with E-state index < -0.39 is 0 Å².